The summed E-state index contributed by atoms with van der Waals surface area (Å²) >= 11 is 0. The van der Waals surface area contributed by atoms with E-state index in [4.69, 9.17) is 28.4 Å². The minimum atomic E-state index is -1.97. The highest BCUT2D eigenvalue weighted by Crippen LogP contribution is 2.34. The summed E-state index contributed by atoms with van der Waals surface area (Å²) in [6.45, 7) is 1.86. The van der Waals surface area contributed by atoms with Gasteiger partial charge in [0.05, 0.1) is 38.6 Å². The summed E-state index contributed by atoms with van der Waals surface area (Å²) < 4.78 is 34.6. The molecule has 3 aliphatic rings. The van der Waals surface area contributed by atoms with E-state index in [1.807, 2.05) is 0 Å². The van der Waals surface area contributed by atoms with E-state index in [9.17, 15) is 61.0 Å². The van der Waals surface area contributed by atoms with Crippen LogP contribution >= 0.6 is 0 Å². The van der Waals surface area contributed by atoms with Crippen molar-refractivity contribution in [3.05, 3.63) is 36.5 Å². The van der Waals surface area contributed by atoms with Gasteiger partial charge < -0.3 is 89.9 Å². The molecule has 3 aliphatic heterocycles. The van der Waals surface area contributed by atoms with Crippen molar-refractivity contribution in [2.45, 2.75) is 503 Å². The molecule has 17 atom stereocenters. The van der Waals surface area contributed by atoms with E-state index in [1.54, 1.807) is 0 Å². The number of unbranched alkanes of at least 4 members (excludes halogenated alkanes) is 53. The molecule has 0 saturated carbocycles. The van der Waals surface area contributed by atoms with Crippen molar-refractivity contribution in [1.82, 2.24) is 5.32 Å². The molecule has 19 heteroatoms. The van der Waals surface area contributed by atoms with Gasteiger partial charge in [-0.2, -0.15) is 0 Å². The van der Waals surface area contributed by atoms with E-state index in [1.165, 1.54) is 308 Å². The number of amides is 1. The first-order valence-corrected chi connectivity index (χ1v) is 45.7. The third-order valence-electron chi connectivity index (χ3n) is 23.0. The molecule has 3 rings (SSSR count). The maximum Gasteiger partial charge on any atom is 0.220 e. The number of carbonyl (C=O) groups excluding carboxylic acids is 1. The Bertz CT molecular complexity index is 2100. The predicted octanol–water partition coefficient (Wildman–Crippen LogP) is 17.4. The van der Waals surface area contributed by atoms with Gasteiger partial charge in [-0.05, 0) is 51.4 Å². The van der Waals surface area contributed by atoms with Crippen LogP contribution in [0.3, 0.4) is 0 Å². The van der Waals surface area contributed by atoms with Crippen molar-refractivity contribution in [1.29, 1.82) is 0 Å². The summed E-state index contributed by atoms with van der Waals surface area (Å²) in [5.74, 6) is -0.233. The Kier molecular flexibility index (Phi) is 65.2. The first kappa shape index (κ1) is 101. The number of hydrogen-bond donors (Lipinski definition) is 12. The Labute approximate surface area is 663 Å². The fourth-order valence-electron chi connectivity index (χ4n) is 15.7. The predicted molar refractivity (Wildman–Crippen MR) is 439 cm³/mol. The Morgan fingerprint density at radius 3 is 0.945 bits per heavy atom. The molecule has 0 aromatic rings. The van der Waals surface area contributed by atoms with Gasteiger partial charge in [-0.15, -0.1) is 0 Å². The standard InChI is InChI=1S/C90H169NO18/c1-3-5-7-9-11-13-15-17-19-21-23-25-27-28-29-30-31-32-33-34-35-36-37-38-39-40-41-42-43-44-46-48-50-52-54-56-58-60-62-64-66-68-78(96)91-73(74(95)67-65-63-61-59-57-55-53-51-49-47-45-26-24-22-20-18-16-14-12-10-8-6-4-2)72-104-88-84(102)81(99)86(76(70-93)106-88)109-90-85(103)82(100)87(77(71-94)107-90)108-89-83(101)80(98)79(97)75(69-92)105-89/h15,17,21,23,27-28,73-77,79-90,92-95,97-103H,3-14,16,18-20,22,24-26,29-72H2,1-2H3,(H,91,96)/b17-15-,23-21-,28-27-. The average Bonchev–Trinajstić information content (AvgIpc) is 0.760. The normalized spacial score (nSPS) is 25.4. The van der Waals surface area contributed by atoms with Crippen molar-refractivity contribution >= 4 is 5.91 Å². The molecule has 17 unspecified atom stereocenters. The van der Waals surface area contributed by atoms with Gasteiger partial charge in [0.2, 0.25) is 5.91 Å². The third kappa shape index (κ3) is 49.0. The van der Waals surface area contributed by atoms with Crippen molar-refractivity contribution in [3.8, 4) is 0 Å². The minimum Gasteiger partial charge on any atom is -0.394 e. The van der Waals surface area contributed by atoms with Crippen LogP contribution in [0.2, 0.25) is 0 Å². The summed E-state index contributed by atoms with van der Waals surface area (Å²) in [7, 11) is 0. The molecule has 12 N–H and O–H groups in total. The van der Waals surface area contributed by atoms with E-state index < -0.39 is 124 Å². The second-order valence-corrected chi connectivity index (χ2v) is 32.8. The van der Waals surface area contributed by atoms with Crippen LogP contribution in [0.1, 0.15) is 399 Å². The van der Waals surface area contributed by atoms with Crippen LogP contribution < -0.4 is 5.32 Å². The number of carbonyl (C=O) groups is 1. The number of aliphatic hydroxyl groups excluding tert-OH is 11. The molecule has 1 amide bonds. The topological polar surface area (TPSA) is 307 Å². The van der Waals surface area contributed by atoms with Gasteiger partial charge in [0, 0.05) is 6.42 Å². The zero-order chi connectivity index (χ0) is 78.8. The maximum atomic E-state index is 13.5. The van der Waals surface area contributed by atoms with E-state index >= 15 is 0 Å². The summed E-state index contributed by atoms with van der Waals surface area (Å²) in [6.07, 6.45) is 62.6. The lowest BCUT2D eigenvalue weighted by molar-refractivity contribution is -0.379. The summed E-state index contributed by atoms with van der Waals surface area (Å²) in [4.78, 5) is 13.5. The molecule has 3 saturated heterocycles. The molecule has 0 aromatic carbocycles. The zero-order valence-electron chi connectivity index (χ0n) is 69.3. The number of hydrogen-bond acceptors (Lipinski definition) is 18. The van der Waals surface area contributed by atoms with Gasteiger partial charge in [-0.25, -0.2) is 0 Å². The van der Waals surface area contributed by atoms with E-state index in [-0.39, 0.29) is 18.9 Å². The largest absolute Gasteiger partial charge is 0.394 e. The lowest BCUT2D eigenvalue weighted by atomic mass is 9.96. The van der Waals surface area contributed by atoms with Gasteiger partial charge in [0.15, 0.2) is 18.9 Å². The molecule has 642 valence electrons. The summed E-state index contributed by atoms with van der Waals surface area (Å²) in [6, 6.07) is -0.887. The number of nitrogens with one attached hydrogen (secondary N) is 1. The van der Waals surface area contributed by atoms with E-state index in [0.29, 0.717) is 12.8 Å². The van der Waals surface area contributed by atoms with Crippen LogP contribution in [0.25, 0.3) is 0 Å². The molecule has 19 nitrogen and oxygen atoms in total. The fourth-order valence-corrected chi connectivity index (χ4v) is 15.7. The molecule has 3 fully saturated rings. The fraction of sp³-hybridized carbons (Fsp3) is 0.922. The summed E-state index contributed by atoms with van der Waals surface area (Å²) in [5, 5.41) is 121. The molecule has 0 spiro atoms. The lowest BCUT2D eigenvalue weighted by Crippen LogP contribution is -2.66. The van der Waals surface area contributed by atoms with Crippen molar-refractivity contribution in [2.24, 2.45) is 0 Å². The first-order valence-electron chi connectivity index (χ1n) is 45.7. The molecule has 109 heavy (non-hydrogen) atoms. The second kappa shape index (κ2) is 70.2. The van der Waals surface area contributed by atoms with Crippen molar-refractivity contribution < 1.29 is 89.4 Å². The van der Waals surface area contributed by atoms with Gasteiger partial charge >= 0.3 is 0 Å². The van der Waals surface area contributed by atoms with Crippen LogP contribution in [0, 0.1) is 0 Å². The SMILES string of the molecule is CCCCCCC/C=C\C/C=C\C/C=C\CCCCCCCCCCCCCCCCCCCCCCCCCCCCC(=O)NC(COC1OC(CO)C(OC2OC(CO)C(OC3OC(CO)C(O)C(O)C3O)C(O)C2O)C(O)C1O)C(O)CCCCCCCCCCCCCCCCCCCCCCCCC. The van der Waals surface area contributed by atoms with Gasteiger partial charge in [0.25, 0.3) is 0 Å². The van der Waals surface area contributed by atoms with Gasteiger partial charge in [-0.1, -0.05) is 378 Å². The molecular weight excluding hydrogens is 1380 g/mol. The van der Waals surface area contributed by atoms with Gasteiger partial charge in [-0.3, -0.25) is 4.79 Å². The van der Waals surface area contributed by atoms with Crippen molar-refractivity contribution in [3.63, 3.8) is 0 Å². The Balaban J connectivity index is 1.28. The highest BCUT2D eigenvalue weighted by molar-refractivity contribution is 5.76. The highest BCUT2D eigenvalue weighted by atomic mass is 16.8. The van der Waals surface area contributed by atoms with Crippen LogP contribution in [-0.2, 0) is 33.2 Å². The van der Waals surface area contributed by atoms with Crippen LogP contribution in [-0.4, -0.2) is 193 Å². The molecular formula is C90H169NO18. The smallest absolute Gasteiger partial charge is 0.220 e. The van der Waals surface area contributed by atoms with E-state index in [0.717, 1.165) is 57.8 Å². The van der Waals surface area contributed by atoms with Crippen LogP contribution in [0.4, 0.5) is 0 Å². The second-order valence-electron chi connectivity index (χ2n) is 32.8. The Hall–Kier alpha value is -1.99. The highest BCUT2D eigenvalue weighted by Gasteiger charge is 2.54. The molecule has 3 heterocycles. The third-order valence-corrected chi connectivity index (χ3v) is 23.0. The molecule has 0 radical (unpaired) electrons. The molecule has 0 bridgehead atoms. The number of ether oxygens (including phenoxy) is 6. The maximum absolute atomic E-state index is 13.5. The number of aliphatic hydroxyl groups is 11. The number of allylic oxidation sites excluding steroid dienone is 6. The molecule has 0 aliphatic carbocycles. The summed E-state index contributed by atoms with van der Waals surface area (Å²) in [5.41, 5.74) is 0. The Morgan fingerprint density at radius 2 is 0.606 bits per heavy atom. The average molecular weight is 1550 g/mol. The lowest BCUT2D eigenvalue weighted by Gasteiger charge is -2.48. The van der Waals surface area contributed by atoms with Gasteiger partial charge in [0.1, 0.15) is 73.2 Å². The van der Waals surface area contributed by atoms with E-state index in [2.05, 4.69) is 55.6 Å². The van der Waals surface area contributed by atoms with Crippen LogP contribution in [0.15, 0.2) is 36.5 Å². The van der Waals surface area contributed by atoms with Crippen LogP contribution in [0.5, 0.6) is 0 Å². The molecule has 0 aromatic heterocycles. The first-order chi connectivity index (χ1) is 53.3. The quantitative estimate of drug-likeness (QED) is 0.0199. The van der Waals surface area contributed by atoms with Crippen molar-refractivity contribution in [2.75, 3.05) is 26.4 Å². The Morgan fingerprint density at radius 1 is 0.330 bits per heavy atom. The zero-order valence-corrected chi connectivity index (χ0v) is 69.3. The minimum absolute atomic E-state index is 0.233. The number of rotatable bonds is 75. The monoisotopic (exact) mass is 1550 g/mol.